The van der Waals surface area contributed by atoms with Crippen molar-refractivity contribution in [1.29, 1.82) is 0 Å². The van der Waals surface area contributed by atoms with Crippen molar-refractivity contribution in [2.45, 2.75) is 44.5 Å². The standard InChI is InChI=1S/C24H25F6NO2/c25-23(26,27)19-12-17(13-20(14-19)24(28,29)30)10-11-31(21-4-2-1-3-5-21)22(33)18-8-6-16(15-32)7-9-18/h1-5,12-14,16,18,32H,6-11,15H2/t16-,18+. The van der Waals surface area contributed by atoms with Crippen LogP contribution in [0.2, 0.25) is 0 Å². The molecule has 1 N–H and O–H groups in total. The molecule has 0 atom stereocenters. The predicted molar refractivity (Wildman–Crippen MR) is 111 cm³/mol. The highest BCUT2D eigenvalue weighted by Gasteiger charge is 2.37. The highest BCUT2D eigenvalue weighted by Crippen LogP contribution is 2.37. The molecule has 0 aliphatic heterocycles. The molecule has 0 spiro atoms. The van der Waals surface area contributed by atoms with Crippen LogP contribution in [-0.2, 0) is 23.6 Å². The summed E-state index contributed by atoms with van der Waals surface area (Å²) in [7, 11) is 0. The van der Waals surface area contributed by atoms with E-state index < -0.39 is 23.5 Å². The van der Waals surface area contributed by atoms with Crippen LogP contribution in [0.4, 0.5) is 32.0 Å². The summed E-state index contributed by atoms with van der Waals surface area (Å²) in [5.41, 5.74) is -2.34. The van der Waals surface area contributed by atoms with E-state index in [9.17, 15) is 36.2 Å². The first-order valence-corrected chi connectivity index (χ1v) is 10.7. The van der Waals surface area contributed by atoms with Gasteiger partial charge in [-0.2, -0.15) is 26.3 Å². The Morgan fingerprint density at radius 1 is 0.879 bits per heavy atom. The van der Waals surface area contributed by atoms with Crippen LogP contribution in [0.15, 0.2) is 48.5 Å². The Labute approximate surface area is 188 Å². The molecule has 3 nitrogen and oxygen atoms in total. The van der Waals surface area contributed by atoms with Gasteiger partial charge in [0.05, 0.1) is 11.1 Å². The first-order chi connectivity index (χ1) is 15.5. The van der Waals surface area contributed by atoms with E-state index in [1.54, 1.807) is 30.3 Å². The lowest BCUT2D eigenvalue weighted by molar-refractivity contribution is -0.143. The van der Waals surface area contributed by atoms with Gasteiger partial charge in [-0.1, -0.05) is 18.2 Å². The lowest BCUT2D eigenvalue weighted by Crippen LogP contribution is -2.39. The zero-order valence-corrected chi connectivity index (χ0v) is 17.8. The van der Waals surface area contributed by atoms with Crippen molar-refractivity contribution in [3.63, 3.8) is 0 Å². The summed E-state index contributed by atoms with van der Waals surface area (Å²) in [4.78, 5) is 14.7. The van der Waals surface area contributed by atoms with E-state index >= 15 is 0 Å². The summed E-state index contributed by atoms with van der Waals surface area (Å²) < 4.78 is 79.1. The SMILES string of the molecule is O=C([C@H]1CC[C@@H](CO)CC1)N(CCc1cc(C(F)(F)F)cc(C(F)(F)F)c1)c1ccccc1. The van der Waals surface area contributed by atoms with Crippen LogP contribution in [0.25, 0.3) is 0 Å². The number of carbonyl (C=O) groups excluding carboxylic acids is 1. The number of nitrogens with zero attached hydrogens (tertiary/aromatic N) is 1. The maximum atomic E-state index is 13.3. The Balaban J connectivity index is 1.85. The molecule has 0 radical (unpaired) electrons. The van der Waals surface area contributed by atoms with Gasteiger partial charge in [0, 0.05) is 24.8 Å². The first kappa shape index (κ1) is 25.1. The van der Waals surface area contributed by atoms with E-state index in [-0.39, 0.29) is 48.9 Å². The molecule has 0 saturated heterocycles. The van der Waals surface area contributed by atoms with Crippen LogP contribution in [0.3, 0.4) is 0 Å². The van der Waals surface area contributed by atoms with E-state index in [4.69, 9.17) is 0 Å². The van der Waals surface area contributed by atoms with Gasteiger partial charge in [0.2, 0.25) is 5.91 Å². The number of benzene rings is 2. The fraction of sp³-hybridized carbons (Fsp3) is 0.458. The fourth-order valence-corrected chi connectivity index (χ4v) is 4.19. The molecule has 9 heteroatoms. The van der Waals surface area contributed by atoms with Crippen LogP contribution >= 0.6 is 0 Å². The first-order valence-electron chi connectivity index (χ1n) is 10.7. The number of hydrogen-bond donors (Lipinski definition) is 1. The third-order valence-electron chi connectivity index (χ3n) is 6.06. The van der Waals surface area contributed by atoms with Crippen molar-refractivity contribution in [2.24, 2.45) is 11.8 Å². The number of hydrogen-bond acceptors (Lipinski definition) is 2. The summed E-state index contributed by atoms with van der Waals surface area (Å²) in [5, 5.41) is 9.32. The Kier molecular flexibility index (Phi) is 7.72. The second-order valence-electron chi connectivity index (χ2n) is 8.39. The molecule has 1 amide bonds. The Hall–Kier alpha value is -2.55. The van der Waals surface area contributed by atoms with E-state index in [2.05, 4.69) is 0 Å². The van der Waals surface area contributed by atoms with Gasteiger partial charge < -0.3 is 10.0 Å². The molecule has 1 fully saturated rings. The average Bonchev–Trinajstić information content (AvgIpc) is 2.78. The minimum atomic E-state index is -4.92. The minimum absolute atomic E-state index is 0.0542. The molecule has 2 aromatic carbocycles. The van der Waals surface area contributed by atoms with E-state index in [1.165, 1.54) is 4.90 Å². The topological polar surface area (TPSA) is 40.5 Å². The smallest absolute Gasteiger partial charge is 0.396 e. The van der Waals surface area contributed by atoms with Crippen molar-refractivity contribution < 1.29 is 36.2 Å². The minimum Gasteiger partial charge on any atom is -0.396 e. The average molecular weight is 473 g/mol. The number of rotatable bonds is 6. The van der Waals surface area contributed by atoms with Gasteiger partial charge in [-0.05, 0) is 73.9 Å². The van der Waals surface area contributed by atoms with Crippen molar-refractivity contribution in [2.75, 3.05) is 18.1 Å². The molecule has 0 unspecified atom stereocenters. The molecule has 3 rings (SSSR count). The highest BCUT2D eigenvalue weighted by molar-refractivity contribution is 5.95. The second kappa shape index (κ2) is 10.2. The molecule has 0 aromatic heterocycles. The number of carbonyl (C=O) groups is 1. The predicted octanol–water partition coefficient (Wildman–Crippen LogP) is 6.10. The van der Waals surface area contributed by atoms with Crippen LogP contribution in [-0.4, -0.2) is 24.2 Å². The lowest BCUT2D eigenvalue weighted by atomic mass is 9.81. The van der Waals surface area contributed by atoms with E-state index in [0.29, 0.717) is 43.5 Å². The van der Waals surface area contributed by atoms with Gasteiger partial charge in [0.25, 0.3) is 0 Å². The number of halogens is 6. The lowest BCUT2D eigenvalue weighted by Gasteiger charge is -2.32. The summed E-state index contributed by atoms with van der Waals surface area (Å²) in [5.74, 6) is -0.369. The van der Waals surface area contributed by atoms with Crippen molar-refractivity contribution >= 4 is 11.6 Å². The zero-order chi connectivity index (χ0) is 24.2. The third kappa shape index (κ3) is 6.50. The number of aliphatic hydroxyl groups is 1. The van der Waals surface area contributed by atoms with Gasteiger partial charge in [-0.3, -0.25) is 4.79 Å². The zero-order valence-electron chi connectivity index (χ0n) is 17.8. The highest BCUT2D eigenvalue weighted by atomic mass is 19.4. The van der Waals surface area contributed by atoms with Gasteiger partial charge in [-0.25, -0.2) is 0 Å². The van der Waals surface area contributed by atoms with E-state index in [1.807, 2.05) is 0 Å². The molecule has 2 aromatic rings. The maximum Gasteiger partial charge on any atom is 0.416 e. The summed E-state index contributed by atoms with van der Waals surface area (Å²) in [6, 6.07) is 10.1. The summed E-state index contributed by atoms with van der Waals surface area (Å²) >= 11 is 0. The fourth-order valence-electron chi connectivity index (χ4n) is 4.19. The Bertz CT molecular complexity index is 902. The Morgan fingerprint density at radius 2 is 1.42 bits per heavy atom. The second-order valence-corrected chi connectivity index (χ2v) is 8.39. The maximum absolute atomic E-state index is 13.3. The monoisotopic (exact) mass is 473 g/mol. The number of anilines is 1. The van der Waals surface area contributed by atoms with Crippen LogP contribution in [0.1, 0.15) is 42.4 Å². The number of para-hydroxylation sites is 1. The molecule has 1 saturated carbocycles. The van der Waals surface area contributed by atoms with Crippen molar-refractivity contribution in [3.05, 3.63) is 65.2 Å². The quantitative estimate of drug-likeness (QED) is 0.515. The van der Waals surface area contributed by atoms with E-state index in [0.717, 1.165) is 0 Å². The molecule has 1 aliphatic rings. The largest absolute Gasteiger partial charge is 0.416 e. The van der Waals surface area contributed by atoms with Gasteiger partial charge >= 0.3 is 12.4 Å². The molecular weight excluding hydrogens is 448 g/mol. The summed E-state index contributed by atoms with van der Waals surface area (Å²) in [6.07, 6.45) is -7.47. The van der Waals surface area contributed by atoms with Crippen LogP contribution in [0.5, 0.6) is 0 Å². The normalized spacial score (nSPS) is 19.4. The molecule has 1 aliphatic carbocycles. The van der Waals surface area contributed by atoms with Gasteiger partial charge in [0.15, 0.2) is 0 Å². The van der Waals surface area contributed by atoms with Gasteiger partial charge in [0.1, 0.15) is 0 Å². The summed E-state index contributed by atoms with van der Waals surface area (Å²) in [6.45, 7) is 0.00176. The number of aliphatic hydroxyl groups excluding tert-OH is 1. The number of alkyl halides is 6. The molecule has 33 heavy (non-hydrogen) atoms. The van der Waals surface area contributed by atoms with Crippen LogP contribution in [0, 0.1) is 11.8 Å². The Morgan fingerprint density at radius 3 is 1.91 bits per heavy atom. The molecular formula is C24H25F6NO2. The van der Waals surface area contributed by atoms with Crippen LogP contribution < -0.4 is 4.90 Å². The van der Waals surface area contributed by atoms with Crippen molar-refractivity contribution in [3.8, 4) is 0 Å². The third-order valence-corrected chi connectivity index (χ3v) is 6.06. The molecule has 0 heterocycles. The number of amides is 1. The van der Waals surface area contributed by atoms with Gasteiger partial charge in [-0.15, -0.1) is 0 Å². The molecule has 180 valence electrons. The molecule has 0 bridgehead atoms. The van der Waals surface area contributed by atoms with Crippen molar-refractivity contribution in [1.82, 2.24) is 0 Å².